The molecule has 1 aliphatic rings. The number of nitro benzene ring substituents is 1. The summed E-state index contributed by atoms with van der Waals surface area (Å²) in [5.41, 5.74) is -1.79. The van der Waals surface area contributed by atoms with Gasteiger partial charge in [-0.25, -0.2) is 13.6 Å². The molecule has 216 valence electrons. The number of carbonyl (C=O) groups is 2. The lowest BCUT2D eigenvalue weighted by atomic mass is 9.90. The summed E-state index contributed by atoms with van der Waals surface area (Å²) in [6.45, 7) is 5.60. The van der Waals surface area contributed by atoms with Gasteiger partial charge in [-0.2, -0.15) is 0 Å². The zero-order chi connectivity index (χ0) is 30.5. The molecule has 1 atom stereocenters. The molecule has 1 aromatic heterocycles. The van der Waals surface area contributed by atoms with Crippen molar-refractivity contribution in [3.05, 3.63) is 109 Å². The van der Waals surface area contributed by atoms with Crippen molar-refractivity contribution in [3.8, 4) is 5.69 Å². The van der Waals surface area contributed by atoms with Crippen molar-refractivity contribution in [2.45, 2.75) is 38.8 Å². The highest BCUT2D eigenvalue weighted by molar-refractivity contribution is 5.97. The number of halogens is 2. The van der Waals surface area contributed by atoms with Gasteiger partial charge in [0.05, 0.1) is 21.5 Å². The molecule has 5 rings (SSSR count). The molecule has 4 aromatic rings. The number of carboxylic acids is 1. The normalized spacial score (nSPS) is 14.9. The molecule has 12 heteroatoms. The van der Waals surface area contributed by atoms with E-state index in [4.69, 9.17) is 0 Å². The predicted molar refractivity (Wildman–Crippen MR) is 151 cm³/mol. The SMILES string of the molecule is CC(C)(C)NC(=O)C1c2ccccc2CCN1c1cc2c(cc1[N+](=O)[O-])c(=O)c(C(=O)O)cn2-c1ccc(F)cc1F. The number of nitrogens with one attached hydrogen (secondary N) is 1. The summed E-state index contributed by atoms with van der Waals surface area (Å²) in [6.07, 6.45) is 1.34. The van der Waals surface area contributed by atoms with E-state index in [9.17, 15) is 38.4 Å². The molecular weight excluding hydrogens is 550 g/mol. The molecule has 0 saturated heterocycles. The Hall–Kier alpha value is -5.13. The summed E-state index contributed by atoms with van der Waals surface area (Å²) < 4.78 is 29.8. The van der Waals surface area contributed by atoms with E-state index in [0.29, 0.717) is 18.1 Å². The van der Waals surface area contributed by atoms with Crippen LogP contribution in [0.25, 0.3) is 16.6 Å². The van der Waals surface area contributed by atoms with Crippen molar-refractivity contribution in [1.29, 1.82) is 0 Å². The Balaban J connectivity index is 1.83. The second-order valence-corrected chi connectivity index (χ2v) is 11.0. The van der Waals surface area contributed by atoms with Gasteiger partial charge >= 0.3 is 5.97 Å². The number of carboxylic acid groups (broad SMARTS) is 1. The number of carbonyl (C=O) groups excluding carboxylic acids is 1. The van der Waals surface area contributed by atoms with E-state index in [1.807, 2.05) is 12.1 Å². The zero-order valence-electron chi connectivity index (χ0n) is 22.9. The van der Waals surface area contributed by atoms with Crippen LogP contribution in [-0.2, 0) is 11.2 Å². The molecule has 0 bridgehead atoms. The van der Waals surface area contributed by atoms with Crippen LogP contribution in [-0.4, -0.2) is 38.6 Å². The van der Waals surface area contributed by atoms with Crippen molar-refractivity contribution in [2.24, 2.45) is 0 Å². The summed E-state index contributed by atoms with van der Waals surface area (Å²) in [5.74, 6) is -3.97. The fraction of sp³-hybridized carbons (Fsp3) is 0.233. The predicted octanol–water partition coefficient (Wildman–Crippen LogP) is 4.89. The maximum atomic E-state index is 15.0. The van der Waals surface area contributed by atoms with E-state index in [1.165, 1.54) is 6.07 Å². The molecule has 2 heterocycles. The molecule has 0 aliphatic carbocycles. The molecule has 1 unspecified atom stereocenters. The average molecular weight is 577 g/mol. The van der Waals surface area contributed by atoms with Gasteiger partial charge in [0.25, 0.3) is 5.69 Å². The van der Waals surface area contributed by atoms with Crippen molar-refractivity contribution < 1.29 is 28.4 Å². The monoisotopic (exact) mass is 576 g/mol. The fourth-order valence-corrected chi connectivity index (χ4v) is 5.30. The molecule has 0 spiro atoms. The first-order valence-corrected chi connectivity index (χ1v) is 13.0. The number of nitro groups is 1. The van der Waals surface area contributed by atoms with Gasteiger partial charge in [-0.1, -0.05) is 24.3 Å². The third kappa shape index (κ3) is 5.06. The van der Waals surface area contributed by atoms with Crippen LogP contribution < -0.4 is 15.6 Å². The maximum Gasteiger partial charge on any atom is 0.341 e. The number of pyridine rings is 1. The van der Waals surface area contributed by atoms with E-state index < -0.39 is 56.7 Å². The molecular formula is C30H26F2N4O6. The van der Waals surface area contributed by atoms with Crippen LogP contribution in [0.4, 0.5) is 20.2 Å². The Labute approximate surface area is 238 Å². The molecule has 0 fully saturated rings. The topological polar surface area (TPSA) is 135 Å². The number of fused-ring (bicyclic) bond motifs is 2. The summed E-state index contributed by atoms with van der Waals surface area (Å²) in [5, 5.41) is 24.6. The summed E-state index contributed by atoms with van der Waals surface area (Å²) in [7, 11) is 0. The van der Waals surface area contributed by atoms with Crippen LogP contribution in [0, 0.1) is 21.7 Å². The highest BCUT2D eigenvalue weighted by Crippen LogP contribution is 2.41. The van der Waals surface area contributed by atoms with Gasteiger partial charge in [0, 0.05) is 30.4 Å². The van der Waals surface area contributed by atoms with E-state index >= 15 is 0 Å². The number of amides is 1. The Morgan fingerprint density at radius 2 is 1.79 bits per heavy atom. The largest absolute Gasteiger partial charge is 0.477 e. The van der Waals surface area contributed by atoms with E-state index in [2.05, 4.69) is 5.32 Å². The lowest BCUT2D eigenvalue weighted by Gasteiger charge is -2.39. The minimum absolute atomic E-state index is 0.0326. The molecule has 3 aromatic carbocycles. The number of nitrogens with zero attached hydrogens (tertiary/aromatic N) is 3. The number of aromatic nitrogens is 1. The molecule has 2 N–H and O–H groups in total. The molecule has 1 aliphatic heterocycles. The minimum atomic E-state index is -1.63. The van der Waals surface area contributed by atoms with Crippen LogP contribution >= 0.6 is 0 Å². The van der Waals surface area contributed by atoms with Gasteiger partial charge in [-0.15, -0.1) is 0 Å². The Morgan fingerprint density at radius 1 is 1.07 bits per heavy atom. The summed E-state index contributed by atoms with van der Waals surface area (Å²) in [6, 6.07) is 11.1. The van der Waals surface area contributed by atoms with Gasteiger partial charge in [0.2, 0.25) is 11.3 Å². The molecule has 0 radical (unpaired) electrons. The van der Waals surface area contributed by atoms with Crippen LogP contribution in [0.3, 0.4) is 0 Å². The quantitative estimate of drug-likeness (QED) is 0.255. The van der Waals surface area contributed by atoms with Gasteiger partial charge in [-0.05, 0) is 56.5 Å². The lowest BCUT2D eigenvalue weighted by Crippen LogP contribution is -2.50. The molecule has 1 amide bonds. The first-order valence-electron chi connectivity index (χ1n) is 13.0. The van der Waals surface area contributed by atoms with Crippen molar-refractivity contribution >= 4 is 34.2 Å². The molecule has 42 heavy (non-hydrogen) atoms. The third-order valence-electron chi connectivity index (χ3n) is 7.04. The lowest BCUT2D eigenvalue weighted by molar-refractivity contribution is -0.384. The van der Waals surface area contributed by atoms with E-state index in [1.54, 1.807) is 37.8 Å². The first-order chi connectivity index (χ1) is 19.8. The third-order valence-corrected chi connectivity index (χ3v) is 7.04. The van der Waals surface area contributed by atoms with E-state index in [-0.39, 0.29) is 28.8 Å². The highest BCUT2D eigenvalue weighted by Gasteiger charge is 2.38. The maximum absolute atomic E-state index is 15.0. The number of anilines is 1. The fourth-order valence-electron chi connectivity index (χ4n) is 5.30. The Kier molecular flexibility index (Phi) is 7.01. The summed E-state index contributed by atoms with van der Waals surface area (Å²) in [4.78, 5) is 52.1. The number of hydrogen-bond acceptors (Lipinski definition) is 6. The van der Waals surface area contributed by atoms with Crippen molar-refractivity contribution in [3.63, 3.8) is 0 Å². The van der Waals surface area contributed by atoms with Crippen LogP contribution in [0.2, 0.25) is 0 Å². The van der Waals surface area contributed by atoms with Crippen LogP contribution in [0.1, 0.15) is 48.3 Å². The van der Waals surface area contributed by atoms with Crippen LogP contribution in [0.15, 0.2) is 65.6 Å². The Morgan fingerprint density at radius 3 is 2.43 bits per heavy atom. The highest BCUT2D eigenvalue weighted by atomic mass is 19.1. The second kappa shape index (κ2) is 10.4. The average Bonchev–Trinajstić information content (AvgIpc) is 2.91. The van der Waals surface area contributed by atoms with Crippen LogP contribution in [0.5, 0.6) is 0 Å². The van der Waals surface area contributed by atoms with Gasteiger partial charge in [0.1, 0.15) is 28.9 Å². The van der Waals surface area contributed by atoms with E-state index in [0.717, 1.165) is 34.5 Å². The second-order valence-electron chi connectivity index (χ2n) is 11.0. The summed E-state index contributed by atoms with van der Waals surface area (Å²) >= 11 is 0. The Bertz CT molecular complexity index is 1850. The first kappa shape index (κ1) is 28.4. The number of rotatable bonds is 5. The van der Waals surface area contributed by atoms with Crippen molar-refractivity contribution in [2.75, 3.05) is 11.4 Å². The molecule has 0 saturated carbocycles. The standard InChI is InChI=1S/C30H26F2N4O6/c1-30(2,3)33-28(38)26-18-7-5-4-6-16(18)10-11-34(26)24-14-23-19(13-25(24)36(41)42)27(37)20(29(39)40)15-35(23)22-9-8-17(31)12-21(22)32/h4-9,12-15,26H,10-11H2,1-3H3,(H,33,38)(H,39,40). The number of hydrogen-bond donors (Lipinski definition) is 2. The molecule has 10 nitrogen and oxygen atoms in total. The minimum Gasteiger partial charge on any atom is -0.477 e. The smallest absolute Gasteiger partial charge is 0.341 e. The zero-order valence-corrected chi connectivity index (χ0v) is 22.9. The van der Waals surface area contributed by atoms with Gasteiger partial charge < -0.3 is 19.9 Å². The van der Waals surface area contributed by atoms with Gasteiger partial charge in [0.15, 0.2) is 0 Å². The van der Waals surface area contributed by atoms with Crippen molar-refractivity contribution in [1.82, 2.24) is 9.88 Å². The number of aromatic carboxylic acids is 1. The van der Waals surface area contributed by atoms with Gasteiger partial charge in [-0.3, -0.25) is 19.7 Å². The number of benzene rings is 3.